The molecule has 1 unspecified atom stereocenters. The highest BCUT2D eigenvalue weighted by Crippen LogP contribution is 2.15. The third-order valence-electron chi connectivity index (χ3n) is 3.34. The van der Waals surface area contributed by atoms with Gasteiger partial charge in [-0.05, 0) is 32.4 Å². The molecular formula is C12H18N4O3. The van der Waals surface area contributed by atoms with Crippen LogP contribution in [0, 0.1) is 10.1 Å². The molecule has 1 saturated heterocycles. The minimum Gasteiger partial charge on any atom is -0.348 e. The fourth-order valence-electron chi connectivity index (χ4n) is 2.30. The Hall–Kier alpha value is -1.89. The van der Waals surface area contributed by atoms with E-state index in [1.807, 2.05) is 0 Å². The van der Waals surface area contributed by atoms with Crippen LogP contribution in [0.3, 0.4) is 0 Å². The minimum absolute atomic E-state index is 0.0600. The van der Waals surface area contributed by atoms with Crippen LogP contribution in [0.15, 0.2) is 12.3 Å². The van der Waals surface area contributed by atoms with Crippen LogP contribution >= 0.6 is 0 Å². The molecule has 1 aliphatic rings. The Balaban J connectivity index is 2.04. The number of carbonyl (C=O) groups excluding carboxylic acids is 1. The second-order valence-corrected chi connectivity index (χ2v) is 4.80. The van der Waals surface area contributed by atoms with Gasteiger partial charge in [0.25, 0.3) is 11.6 Å². The van der Waals surface area contributed by atoms with Gasteiger partial charge in [-0.3, -0.25) is 14.9 Å². The molecule has 1 atom stereocenters. The van der Waals surface area contributed by atoms with Crippen LogP contribution in [-0.2, 0) is 7.05 Å². The van der Waals surface area contributed by atoms with Gasteiger partial charge in [-0.25, -0.2) is 0 Å². The number of nitro groups is 1. The smallest absolute Gasteiger partial charge is 0.287 e. The van der Waals surface area contributed by atoms with E-state index in [0.717, 1.165) is 32.4 Å². The summed E-state index contributed by atoms with van der Waals surface area (Å²) in [5, 5.41) is 16.9. The molecule has 2 heterocycles. The van der Waals surface area contributed by atoms with E-state index in [1.54, 1.807) is 7.05 Å². The van der Waals surface area contributed by atoms with E-state index in [1.165, 1.54) is 16.8 Å². The monoisotopic (exact) mass is 266 g/mol. The topological polar surface area (TPSA) is 89.2 Å². The van der Waals surface area contributed by atoms with Crippen LogP contribution < -0.4 is 10.6 Å². The number of nitrogens with one attached hydrogen (secondary N) is 2. The van der Waals surface area contributed by atoms with Crippen molar-refractivity contribution in [3.8, 4) is 0 Å². The largest absolute Gasteiger partial charge is 0.348 e. The predicted molar refractivity (Wildman–Crippen MR) is 70.0 cm³/mol. The van der Waals surface area contributed by atoms with Gasteiger partial charge in [0.2, 0.25) is 0 Å². The molecule has 0 bridgehead atoms. The highest BCUT2D eigenvalue weighted by atomic mass is 16.6. The molecule has 0 radical (unpaired) electrons. The quantitative estimate of drug-likeness (QED) is 0.625. The van der Waals surface area contributed by atoms with Crippen LogP contribution in [0.2, 0.25) is 0 Å². The average Bonchev–Trinajstić information content (AvgIpc) is 2.58. The second kappa shape index (κ2) is 5.83. The molecule has 2 rings (SSSR count). The molecule has 1 aromatic heterocycles. The number of amides is 1. The molecule has 7 heteroatoms. The highest BCUT2D eigenvalue weighted by molar-refractivity contribution is 5.93. The van der Waals surface area contributed by atoms with E-state index in [0.29, 0.717) is 5.69 Å². The summed E-state index contributed by atoms with van der Waals surface area (Å²) in [6.07, 6.45) is 4.20. The zero-order valence-corrected chi connectivity index (χ0v) is 10.9. The van der Waals surface area contributed by atoms with Crippen molar-refractivity contribution in [3.05, 3.63) is 28.1 Å². The van der Waals surface area contributed by atoms with E-state index >= 15 is 0 Å². The zero-order chi connectivity index (χ0) is 13.8. The van der Waals surface area contributed by atoms with Crippen molar-refractivity contribution in [1.29, 1.82) is 0 Å². The lowest BCUT2D eigenvalue weighted by molar-refractivity contribution is -0.384. The average molecular weight is 266 g/mol. The molecule has 1 amide bonds. The van der Waals surface area contributed by atoms with Gasteiger partial charge in [-0.1, -0.05) is 0 Å². The van der Waals surface area contributed by atoms with E-state index in [9.17, 15) is 14.9 Å². The number of hydrogen-bond donors (Lipinski definition) is 2. The summed E-state index contributed by atoms with van der Waals surface area (Å²) in [5.74, 6) is -0.248. The van der Waals surface area contributed by atoms with Crippen LogP contribution in [0.1, 0.15) is 29.8 Å². The maximum atomic E-state index is 12.1. The van der Waals surface area contributed by atoms with Crippen molar-refractivity contribution in [2.24, 2.45) is 7.05 Å². The summed E-state index contributed by atoms with van der Waals surface area (Å²) in [4.78, 5) is 22.3. The first-order chi connectivity index (χ1) is 9.08. The fourth-order valence-corrected chi connectivity index (χ4v) is 2.30. The maximum Gasteiger partial charge on any atom is 0.287 e. The van der Waals surface area contributed by atoms with Crippen molar-refractivity contribution in [2.45, 2.75) is 25.3 Å². The normalized spacial score (nSPS) is 19.7. The molecule has 1 aliphatic heterocycles. The Morgan fingerprint density at radius 1 is 1.53 bits per heavy atom. The van der Waals surface area contributed by atoms with Gasteiger partial charge in [0.05, 0.1) is 11.1 Å². The Bertz CT molecular complexity index is 475. The Morgan fingerprint density at radius 3 is 3.00 bits per heavy atom. The Morgan fingerprint density at radius 2 is 2.32 bits per heavy atom. The van der Waals surface area contributed by atoms with Crippen molar-refractivity contribution in [1.82, 2.24) is 15.2 Å². The number of aryl methyl sites for hydroxylation is 1. The summed E-state index contributed by atoms with van der Waals surface area (Å²) in [7, 11) is 1.64. The van der Waals surface area contributed by atoms with E-state index in [2.05, 4.69) is 10.6 Å². The number of rotatable bonds is 3. The molecule has 0 aliphatic carbocycles. The second-order valence-electron chi connectivity index (χ2n) is 4.80. The molecule has 104 valence electrons. The number of aromatic nitrogens is 1. The summed E-state index contributed by atoms with van der Waals surface area (Å²) in [6, 6.07) is 1.45. The van der Waals surface area contributed by atoms with E-state index in [-0.39, 0.29) is 17.6 Å². The van der Waals surface area contributed by atoms with Crippen LogP contribution in [0.5, 0.6) is 0 Å². The Kier molecular flexibility index (Phi) is 4.16. The summed E-state index contributed by atoms with van der Waals surface area (Å²) in [5.41, 5.74) is 0.263. The van der Waals surface area contributed by atoms with Gasteiger partial charge < -0.3 is 15.2 Å². The van der Waals surface area contributed by atoms with Crippen molar-refractivity contribution >= 4 is 11.6 Å². The SMILES string of the molecule is Cn1cc([N+](=O)[O-])cc1C(=O)NC1CCCNCC1. The molecule has 0 saturated carbocycles. The predicted octanol–water partition coefficient (Wildman–Crippen LogP) is 0.805. The van der Waals surface area contributed by atoms with E-state index in [4.69, 9.17) is 0 Å². The van der Waals surface area contributed by atoms with Crippen LogP contribution in [0.4, 0.5) is 5.69 Å². The van der Waals surface area contributed by atoms with Gasteiger partial charge in [0.1, 0.15) is 5.69 Å². The van der Waals surface area contributed by atoms with Crippen molar-refractivity contribution in [3.63, 3.8) is 0 Å². The molecule has 0 spiro atoms. The highest BCUT2D eigenvalue weighted by Gasteiger charge is 2.20. The first-order valence-corrected chi connectivity index (χ1v) is 6.40. The zero-order valence-electron chi connectivity index (χ0n) is 10.9. The van der Waals surface area contributed by atoms with Gasteiger partial charge in [0, 0.05) is 19.2 Å². The maximum absolute atomic E-state index is 12.1. The summed E-state index contributed by atoms with van der Waals surface area (Å²) < 4.78 is 1.49. The fraction of sp³-hybridized carbons (Fsp3) is 0.583. The summed E-state index contributed by atoms with van der Waals surface area (Å²) in [6.45, 7) is 1.86. The number of hydrogen-bond acceptors (Lipinski definition) is 4. The van der Waals surface area contributed by atoms with Gasteiger partial charge in [-0.2, -0.15) is 0 Å². The van der Waals surface area contributed by atoms with Gasteiger partial charge in [-0.15, -0.1) is 0 Å². The van der Waals surface area contributed by atoms with Gasteiger partial charge in [0.15, 0.2) is 0 Å². The molecular weight excluding hydrogens is 248 g/mol. The van der Waals surface area contributed by atoms with Gasteiger partial charge >= 0.3 is 0 Å². The first-order valence-electron chi connectivity index (χ1n) is 6.40. The molecule has 2 N–H and O–H groups in total. The standard InChI is InChI=1S/C12H18N4O3/c1-15-8-10(16(18)19)7-11(15)12(17)14-9-3-2-5-13-6-4-9/h7-9,13H,2-6H2,1H3,(H,14,17). The minimum atomic E-state index is -0.494. The lowest BCUT2D eigenvalue weighted by Gasteiger charge is -2.15. The summed E-state index contributed by atoms with van der Waals surface area (Å²) >= 11 is 0. The number of nitrogens with zero attached hydrogens (tertiary/aromatic N) is 2. The van der Waals surface area contributed by atoms with Crippen molar-refractivity contribution in [2.75, 3.05) is 13.1 Å². The third-order valence-corrected chi connectivity index (χ3v) is 3.34. The molecule has 7 nitrogen and oxygen atoms in total. The first kappa shape index (κ1) is 13.5. The molecule has 19 heavy (non-hydrogen) atoms. The van der Waals surface area contributed by atoms with E-state index < -0.39 is 4.92 Å². The molecule has 1 fully saturated rings. The molecule has 0 aromatic carbocycles. The lowest BCUT2D eigenvalue weighted by Crippen LogP contribution is -2.36. The van der Waals surface area contributed by atoms with Crippen LogP contribution in [-0.4, -0.2) is 34.5 Å². The lowest BCUT2D eigenvalue weighted by atomic mass is 10.1. The molecule has 1 aromatic rings. The number of carbonyl (C=O) groups is 1. The van der Waals surface area contributed by atoms with Crippen molar-refractivity contribution < 1.29 is 9.72 Å². The van der Waals surface area contributed by atoms with Crippen LogP contribution in [0.25, 0.3) is 0 Å². The Labute approximate surface area is 111 Å². The third kappa shape index (κ3) is 3.31.